The number of hydrogen-bond donors (Lipinski definition) is 1. The molecule has 0 amide bonds. The molecule has 12 heavy (non-hydrogen) atoms. The fourth-order valence-electron chi connectivity index (χ4n) is 2.73. The van der Waals surface area contributed by atoms with Crippen LogP contribution in [0, 0.1) is 11.8 Å². The summed E-state index contributed by atoms with van der Waals surface area (Å²) < 4.78 is 1.19. The van der Waals surface area contributed by atoms with Gasteiger partial charge in [0.15, 0.2) is 0 Å². The third kappa shape index (κ3) is 1.22. The molecule has 3 fully saturated rings. The first-order valence-electron chi connectivity index (χ1n) is 4.75. The molecule has 0 aromatic rings. The standard InChI is InChI=1S/C9H16N2O/c1-11-4-2-8(3-5-11)9(7-11)6-10-12/h6,8-9H,2-5,7H2,1H3/p+1. The first-order valence-corrected chi connectivity index (χ1v) is 4.75. The third-order valence-electron chi connectivity index (χ3n) is 3.59. The van der Waals surface area contributed by atoms with Crippen LogP contribution in [0.2, 0.25) is 0 Å². The van der Waals surface area contributed by atoms with Gasteiger partial charge < -0.3 is 9.69 Å². The smallest absolute Gasteiger partial charge is 0.0867 e. The predicted molar refractivity (Wildman–Crippen MR) is 47.3 cm³/mol. The molecule has 3 aliphatic heterocycles. The maximum absolute atomic E-state index is 8.49. The molecular weight excluding hydrogens is 152 g/mol. The van der Waals surface area contributed by atoms with Crippen LogP contribution < -0.4 is 0 Å². The Hall–Kier alpha value is -0.570. The lowest BCUT2D eigenvalue weighted by Gasteiger charge is -2.49. The second-order valence-electron chi connectivity index (χ2n) is 4.52. The summed E-state index contributed by atoms with van der Waals surface area (Å²) in [6.45, 7) is 3.82. The molecule has 0 spiro atoms. The number of rotatable bonds is 1. The van der Waals surface area contributed by atoms with Crippen LogP contribution in [0.25, 0.3) is 0 Å². The zero-order chi connectivity index (χ0) is 8.60. The molecule has 1 atom stereocenters. The van der Waals surface area contributed by atoms with Crippen LogP contribution >= 0.6 is 0 Å². The van der Waals surface area contributed by atoms with E-state index in [4.69, 9.17) is 5.21 Å². The molecule has 0 aliphatic carbocycles. The molecule has 68 valence electrons. The molecule has 0 aromatic heterocycles. The zero-order valence-corrected chi connectivity index (χ0v) is 7.61. The van der Waals surface area contributed by atoms with Crippen molar-refractivity contribution in [3.8, 4) is 0 Å². The number of fused-ring (bicyclic) bond motifs is 3. The van der Waals surface area contributed by atoms with E-state index in [1.807, 2.05) is 0 Å². The molecule has 3 heterocycles. The van der Waals surface area contributed by atoms with Crippen molar-refractivity contribution in [2.75, 3.05) is 26.7 Å². The number of hydrogen-bond acceptors (Lipinski definition) is 2. The summed E-state index contributed by atoms with van der Waals surface area (Å²) in [5.74, 6) is 1.32. The van der Waals surface area contributed by atoms with E-state index >= 15 is 0 Å². The summed E-state index contributed by atoms with van der Waals surface area (Å²) in [6, 6.07) is 0. The van der Waals surface area contributed by atoms with E-state index in [9.17, 15) is 0 Å². The van der Waals surface area contributed by atoms with Gasteiger partial charge in [-0.05, 0) is 5.92 Å². The van der Waals surface area contributed by atoms with Crippen molar-refractivity contribution in [3.05, 3.63) is 0 Å². The highest BCUT2D eigenvalue weighted by Crippen LogP contribution is 2.35. The van der Waals surface area contributed by atoms with E-state index in [1.54, 1.807) is 6.21 Å². The molecule has 0 radical (unpaired) electrons. The summed E-state index contributed by atoms with van der Waals surface area (Å²) in [6.07, 6.45) is 4.36. The highest BCUT2D eigenvalue weighted by Gasteiger charge is 2.42. The molecule has 1 N–H and O–H groups in total. The van der Waals surface area contributed by atoms with Gasteiger partial charge in [0.25, 0.3) is 0 Å². The van der Waals surface area contributed by atoms with Crippen molar-refractivity contribution in [1.29, 1.82) is 0 Å². The highest BCUT2D eigenvalue weighted by molar-refractivity contribution is 5.60. The quantitative estimate of drug-likeness (QED) is 0.269. The van der Waals surface area contributed by atoms with E-state index < -0.39 is 0 Å². The van der Waals surface area contributed by atoms with E-state index in [0.29, 0.717) is 5.92 Å². The van der Waals surface area contributed by atoms with E-state index in [2.05, 4.69) is 12.2 Å². The monoisotopic (exact) mass is 169 g/mol. The third-order valence-corrected chi connectivity index (χ3v) is 3.59. The Morgan fingerprint density at radius 1 is 1.42 bits per heavy atom. The van der Waals surface area contributed by atoms with Gasteiger partial charge in [-0.1, -0.05) is 0 Å². The van der Waals surface area contributed by atoms with Crippen LogP contribution in [0.4, 0.5) is 0 Å². The second kappa shape index (κ2) is 2.73. The van der Waals surface area contributed by atoms with Gasteiger partial charge in [0.05, 0.1) is 38.8 Å². The van der Waals surface area contributed by atoms with Gasteiger partial charge in [-0.2, -0.15) is 0 Å². The topological polar surface area (TPSA) is 32.6 Å². The lowest BCUT2D eigenvalue weighted by atomic mass is 9.78. The Morgan fingerprint density at radius 2 is 2.08 bits per heavy atom. The Labute approximate surface area is 73.3 Å². The largest absolute Gasteiger partial charge is 0.411 e. The van der Waals surface area contributed by atoms with Crippen molar-refractivity contribution in [2.45, 2.75) is 12.8 Å². The highest BCUT2D eigenvalue weighted by atomic mass is 16.4. The normalized spacial score (nSPS) is 47.1. The van der Waals surface area contributed by atoms with Gasteiger partial charge in [-0.3, -0.25) is 0 Å². The maximum atomic E-state index is 8.49. The van der Waals surface area contributed by atoms with Crippen LogP contribution in [0.15, 0.2) is 5.16 Å². The first kappa shape index (κ1) is 8.05. The SMILES string of the molecule is C[N+]12CCC(CC1)C(C=NO)C2. The van der Waals surface area contributed by atoms with Crippen LogP contribution in [0.5, 0.6) is 0 Å². The summed E-state index contributed by atoms with van der Waals surface area (Å²) >= 11 is 0. The van der Waals surface area contributed by atoms with Crippen molar-refractivity contribution < 1.29 is 9.69 Å². The number of nitrogens with zero attached hydrogens (tertiary/aromatic N) is 2. The van der Waals surface area contributed by atoms with Gasteiger partial charge in [0.1, 0.15) is 0 Å². The van der Waals surface area contributed by atoms with Gasteiger partial charge in [-0.25, -0.2) is 0 Å². The Balaban J connectivity index is 2.10. The summed E-state index contributed by atoms with van der Waals surface area (Å²) in [5.41, 5.74) is 0. The van der Waals surface area contributed by atoms with Crippen molar-refractivity contribution in [3.63, 3.8) is 0 Å². The lowest BCUT2D eigenvalue weighted by Crippen LogP contribution is -2.59. The molecule has 3 rings (SSSR count). The van der Waals surface area contributed by atoms with Gasteiger partial charge >= 0.3 is 0 Å². The van der Waals surface area contributed by atoms with Crippen LogP contribution in [-0.4, -0.2) is 42.6 Å². The molecule has 3 heteroatoms. The van der Waals surface area contributed by atoms with E-state index in [0.717, 1.165) is 5.92 Å². The van der Waals surface area contributed by atoms with Crippen LogP contribution in [-0.2, 0) is 0 Å². The number of piperidine rings is 3. The van der Waals surface area contributed by atoms with Gasteiger partial charge in [0.2, 0.25) is 0 Å². The second-order valence-corrected chi connectivity index (χ2v) is 4.52. The summed E-state index contributed by atoms with van der Waals surface area (Å²) in [7, 11) is 2.31. The fraction of sp³-hybridized carbons (Fsp3) is 0.889. The molecule has 3 nitrogen and oxygen atoms in total. The van der Waals surface area contributed by atoms with Crippen LogP contribution in [0.3, 0.4) is 0 Å². The fourth-order valence-corrected chi connectivity index (χ4v) is 2.73. The molecule has 3 aliphatic rings. The molecule has 0 aromatic carbocycles. The minimum absolute atomic E-state index is 0.530. The average molecular weight is 169 g/mol. The zero-order valence-electron chi connectivity index (χ0n) is 7.61. The molecule has 1 unspecified atom stereocenters. The minimum Gasteiger partial charge on any atom is -0.411 e. The van der Waals surface area contributed by atoms with Crippen molar-refractivity contribution >= 4 is 6.21 Å². The molecular formula is C9H17N2O+. The molecule has 2 bridgehead atoms. The van der Waals surface area contributed by atoms with E-state index in [1.165, 1.54) is 37.0 Å². The van der Waals surface area contributed by atoms with Gasteiger partial charge in [-0.15, -0.1) is 5.16 Å². The maximum Gasteiger partial charge on any atom is 0.0867 e. The Kier molecular flexibility index (Phi) is 1.83. The number of quaternary nitrogens is 1. The predicted octanol–water partition coefficient (Wildman–Crippen LogP) is 0.933. The summed E-state index contributed by atoms with van der Waals surface area (Å²) in [4.78, 5) is 0. The Bertz CT molecular complexity index is 195. The van der Waals surface area contributed by atoms with Gasteiger partial charge in [0, 0.05) is 12.8 Å². The minimum atomic E-state index is 0.530. The van der Waals surface area contributed by atoms with Crippen molar-refractivity contribution in [2.24, 2.45) is 17.0 Å². The number of oxime groups is 1. The van der Waals surface area contributed by atoms with Crippen LogP contribution in [0.1, 0.15) is 12.8 Å². The lowest BCUT2D eigenvalue weighted by molar-refractivity contribution is -0.927. The van der Waals surface area contributed by atoms with E-state index in [-0.39, 0.29) is 0 Å². The molecule has 0 saturated carbocycles. The molecule has 3 saturated heterocycles. The summed E-state index contributed by atoms with van der Waals surface area (Å²) in [5, 5.41) is 11.7. The Morgan fingerprint density at radius 3 is 2.58 bits per heavy atom. The average Bonchev–Trinajstić information content (AvgIpc) is 2.05. The van der Waals surface area contributed by atoms with Crippen molar-refractivity contribution in [1.82, 2.24) is 0 Å². The first-order chi connectivity index (χ1) is 5.73.